The molecule has 0 heterocycles. The molecular formula is C22H19FO3. The minimum atomic E-state index is -0.962. The predicted molar refractivity (Wildman–Crippen MR) is 98.7 cm³/mol. The first-order chi connectivity index (χ1) is 12.5. The van der Waals surface area contributed by atoms with Crippen molar-refractivity contribution in [2.75, 3.05) is 0 Å². The zero-order valence-corrected chi connectivity index (χ0v) is 14.4. The summed E-state index contributed by atoms with van der Waals surface area (Å²) < 4.78 is 20.1. The monoisotopic (exact) mass is 350 g/mol. The van der Waals surface area contributed by atoms with Crippen LogP contribution in [0.4, 0.5) is 4.39 Å². The average molecular weight is 350 g/mol. The summed E-state index contributed by atoms with van der Waals surface area (Å²) in [6.07, 6.45) is -0.189. The lowest BCUT2D eigenvalue weighted by atomic mass is 9.99. The molecule has 0 unspecified atom stereocenters. The van der Waals surface area contributed by atoms with Crippen molar-refractivity contribution in [1.29, 1.82) is 0 Å². The number of hydrogen-bond donors (Lipinski definition) is 1. The van der Waals surface area contributed by atoms with E-state index in [1.165, 1.54) is 6.07 Å². The molecule has 3 rings (SSSR count). The molecule has 132 valence electrons. The van der Waals surface area contributed by atoms with Gasteiger partial charge in [-0.05, 0) is 41.8 Å². The second-order valence-corrected chi connectivity index (χ2v) is 6.15. The van der Waals surface area contributed by atoms with E-state index in [0.717, 1.165) is 11.1 Å². The molecule has 0 aliphatic carbocycles. The van der Waals surface area contributed by atoms with Crippen LogP contribution >= 0.6 is 0 Å². The first kappa shape index (κ1) is 17.7. The number of benzene rings is 3. The van der Waals surface area contributed by atoms with Gasteiger partial charge in [-0.1, -0.05) is 48.5 Å². The zero-order chi connectivity index (χ0) is 18.5. The van der Waals surface area contributed by atoms with E-state index < -0.39 is 5.97 Å². The third kappa shape index (κ3) is 4.28. The van der Waals surface area contributed by atoms with Crippen LogP contribution in [0.2, 0.25) is 0 Å². The Labute approximate surface area is 151 Å². The van der Waals surface area contributed by atoms with Crippen molar-refractivity contribution in [3.05, 3.63) is 89.2 Å². The van der Waals surface area contributed by atoms with Gasteiger partial charge in [-0.25, -0.2) is 4.39 Å². The average Bonchev–Trinajstić information content (AvgIpc) is 2.61. The van der Waals surface area contributed by atoms with Crippen LogP contribution in [-0.4, -0.2) is 11.1 Å². The topological polar surface area (TPSA) is 46.5 Å². The standard InChI is InChI=1S/C22H19FO3/c1-15-7-9-19(20(23)11-15)17-8-10-21(18(12-17)13-22(24)25)26-14-16-5-3-2-4-6-16/h2-12H,13-14H2,1H3,(H,24,25). The highest BCUT2D eigenvalue weighted by atomic mass is 19.1. The van der Waals surface area contributed by atoms with E-state index in [0.29, 0.717) is 29.0 Å². The van der Waals surface area contributed by atoms with E-state index in [4.69, 9.17) is 4.74 Å². The molecule has 3 aromatic carbocycles. The Bertz CT molecular complexity index is 920. The van der Waals surface area contributed by atoms with Gasteiger partial charge in [0.25, 0.3) is 0 Å². The van der Waals surface area contributed by atoms with E-state index in [1.807, 2.05) is 43.3 Å². The Morgan fingerprint density at radius 3 is 2.50 bits per heavy atom. The number of hydrogen-bond acceptors (Lipinski definition) is 2. The summed E-state index contributed by atoms with van der Waals surface area (Å²) in [7, 11) is 0. The molecular weight excluding hydrogens is 331 g/mol. The molecule has 1 N–H and O–H groups in total. The summed E-state index contributed by atoms with van der Waals surface area (Å²) in [6, 6.07) is 19.8. The fourth-order valence-electron chi connectivity index (χ4n) is 2.78. The lowest BCUT2D eigenvalue weighted by Crippen LogP contribution is -2.04. The Kier molecular flexibility index (Phi) is 5.32. The van der Waals surface area contributed by atoms with E-state index in [2.05, 4.69) is 0 Å². The number of carbonyl (C=O) groups is 1. The highest BCUT2D eigenvalue weighted by Crippen LogP contribution is 2.30. The van der Waals surface area contributed by atoms with E-state index in [1.54, 1.807) is 24.3 Å². The van der Waals surface area contributed by atoms with Crippen molar-refractivity contribution in [2.45, 2.75) is 20.0 Å². The van der Waals surface area contributed by atoms with Gasteiger partial charge >= 0.3 is 5.97 Å². The summed E-state index contributed by atoms with van der Waals surface area (Å²) in [5.74, 6) is -0.798. The number of carboxylic acid groups (broad SMARTS) is 1. The third-order valence-electron chi connectivity index (χ3n) is 4.07. The normalized spacial score (nSPS) is 10.5. The van der Waals surface area contributed by atoms with Crippen LogP contribution in [0.25, 0.3) is 11.1 Å². The maximum atomic E-state index is 14.3. The van der Waals surface area contributed by atoms with Crippen LogP contribution in [0.1, 0.15) is 16.7 Å². The number of aryl methyl sites for hydroxylation is 1. The molecule has 26 heavy (non-hydrogen) atoms. The van der Waals surface area contributed by atoms with E-state index in [-0.39, 0.29) is 12.2 Å². The number of ether oxygens (including phenoxy) is 1. The van der Waals surface area contributed by atoms with Crippen molar-refractivity contribution >= 4 is 5.97 Å². The molecule has 0 bridgehead atoms. The second-order valence-electron chi connectivity index (χ2n) is 6.15. The van der Waals surface area contributed by atoms with Crippen molar-refractivity contribution in [1.82, 2.24) is 0 Å². The van der Waals surface area contributed by atoms with Gasteiger partial charge in [0.15, 0.2) is 0 Å². The Morgan fingerprint density at radius 1 is 1.04 bits per heavy atom. The van der Waals surface area contributed by atoms with Crippen LogP contribution in [0.3, 0.4) is 0 Å². The van der Waals surface area contributed by atoms with Crippen LogP contribution in [0.5, 0.6) is 5.75 Å². The van der Waals surface area contributed by atoms with E-state index in [9.17, 15) is 14.3 Å². The summed E-state index contributed by atoms with van der Waals surface area (Å²) >= 11 is 0. The fourth-order valence-corrected chi connectivity index (χ4v) is 2.78. The van der Waals surface area contributed by atoms with Crippen LogP contribution in [0, 0.1) is 12.7 Å². The van der Waals surface area contributed by atoms with Crippen LogP contribution in [-0.2, 0) is 17.8 Å². The fraction of sp³-hybridized carbons (Fsp3) is 0.136. The van der Waals surface area contributed by atoms with Crippen molar-refractivity contribution in [3.8, 4) is 16.9 Å². The highest BCUT2D eigenvalue weighted by Gasteiger charge is 2.13. The lowest BCUT2D eigenvalue weighted by molar-refractivity contribution is -0.136. The molecule has 0 aliphatic rings. The Balaban J connectivity index is 1.91. The van der Waals surface area contributed by atoms with E-state index >= 15 is 0 Å². The second kappa shape index (κ2) is 7.83. The van der Waals surface area contributed by atoms with Crippen LogP contribution in [0.15, 0.2) is 66.7 Å². The summed E-state index contributed by atoms with van der Waals surface area (Å²) in [5.41, 5.74) is 3.41. The molecule has 0 atom stereocenters. The smallest absolute Gasteiger partial charge is 0.307 e. The molecule has 0 fully saturated rings. The van der Waals surface area contributed by atoms with Crippen molar-refractivity contribution in [2.24, 2.45) is 0 Å². The molecule has 0 amide bonds. The van der Waals surface area contributed by atoms with Gasteiger partial charge < -0.3 is 9.84 Å². The highest BCUT2D eigenvalue weighted by molar-refractivity contribution is 5.74. The Morgan fingerprint density at radius 2 is 1.81 bits per heavy atom. The van der Waals surface area contributed by atoms with Gasteiger partial charge in [0.2, 0.25) is 0 Å². The zero-order valence-electron chi connectivity index (χ0n) is 14.4. The maximum Gasteiger partial charge on any atom is 0.307 e. The Hall–Kier alpha value is -3.14. The summed E-state index contributed by atoms with van der Waals surface area (Å²) in [5, 5.41) is 9.20. The maximum absolute atomic E-state index is 14.3. The predicted octanol–water partition coefficient (Wildman–Crippen LogP) is 5.01. The number of aliphatic carboxylic acids is 1. The third-order valence-corrected chi connectivity index (χ3v) is 4.07. The SMILES string of the molecule is Cc1ccc(-c2ccc(OCc3ccccc3)c(CC(=O)O)c2)c(F)c1. The molecule has 0 aliphatic heterocycles. The number of halogens is 1. The first-order valence-electron chi connectivity index (χ1n) is 8.31. The van der Waals surface area contributed by atoms with Gasteiger partial charge in [0, 0.05) is 11.1 Å². The summed E-state index contributed by atoms with van der Waals surface area (Å²) in [4.78, 5) is 11.2. The number of carboxylic acids is 1. The molecule has 3 aromatic rings. The molecule has 3 nitrogen and oxygen atoms in total. The lowest BCUT2D eigenvalue weighted by Gasteiger charge is -2.13. The molecule has 0 saturated heterocycles. The molecule has 0 spiro atoms. The molecule has 0 radical (unpaired) electrons. The van der Waals surface area contributed by atoms with Gasteiger partial charge in [-0.3, -0.25) is 4.79 Å². The van der Waals surface area contributed by atoms with Crippen molar-refractivity contribution in [3.63, 3.8) is 0 Å². The van der Waals surface area contributed by atoms with Gasteiger partial charge in [0.1, 0.15) is 18.2 Å². The van der Waals surface area contributed by atoms with Gasteiger partial charge in [0.05, 0.1) is 6.42 Å². The largest absolute Gasteiger partial charge is 0.489 e. The van der Waals surface area contributed by atoms with Gasteiger partial charge in [-0.2, -0.15) is 0 Å². The first-order valence-corrected chi connectivity index (χ1v) is 8.31. The molecule has 0 aromatic heterocycles. The van der Waals surface area contributed by atoms with Gasteiger partial charge in [-0.15, -0.1) is 0 Å². The number of rotatable bonds is 6. The quantitative estimate of drug-likeness (QED) is 0.680. The minimum absolute atomic E-state index is 0.189. The van der Waals surface area contributed by atoms with Crippen LogP contribution < -0.4 is 4.74 Å². The molecule has 4 heteroatoms. The summed E-state index contributed by atoms with van der Waals surface area (Å²) in [6.45, 7) is 2.16. The minimum Gasteiger partial charge on any atom is -0.489 e. The molecule has 0 saturated carbocycles. The van der Waals surface area contributed by atoms with Crippen molar-refractivity contribution < 1.29 is 19.0 Å².